The predicted octanol–water partition coefficient (Wildman–Crippen LogP) is 6.49. The van der Waals surface area contributed by atoms with Crippen LogP contribution in [0.2, 0.25) is 0 Å². The summed E-state index contributed by atoms with van der Waals surface area (Å²) in [7, 11) is 1.38. The molecule has 0 heterocycles. The van der Waals surface area contributed by atoms with Crippen molar-refractivity contribution in [2.45, 2.75) is 136 Å². The molecule has 3 unspecified atom stereocenters. The first-order valence-electron chi connectivity index (χ1n) is 13.8. The van der Waals surface area contributed by atoms with E-state index in [2.05, 4.69) is 56.9 Å². The van der Waals surface area contributed by atoms with E-state index in [0.717, 1.165) is 51.4 Å². The molecule has 0 saturated heterocycles. The second-order valence-corrected chi connectivity index (χ2v) is 11.4. The predicted molar refractivity (Wildman–Crippen MR) is 153 cm³/mol. The first-order valence-corrected chi connectivity index (χ1v) is 13.8. The molecular formula is C31H56O6. The van der Waals surface area contributed by atoms with Crippen molar-refractivity contribution in [3.8, 4) is 0 Å². The molecule has 216 valence electrons. The van der Waals surface area contributed by atoms with E-state index in [1.807, 2.05) is 0 Å². The molecule has 0 bridgehead atoms. The lowest BCUT2D eigenvalue weighted by Crippen LogP contribution is -2.43. The van der Waals surface area contributed by atoms with E-state index in [1.54, 1.807) is 20.8 Å². The Morgan fingerprint density at radius 1 is 0.649 bits per heavy atom. The highest BCUT2D eigenvalue weighted by Gasteiger charge is 2.30. The van der Waals surface area contributed by atoms with Crippen molar-refractivity contribution in [2.24, 2.45) is 0 Å². The third-order valence-electron chi connectivity index (χ3n) is 6.84. The molecule has 0 aliphatic heterocycles. The average Bonchev–Trinajstić information content (AvgIpc) is 2.81. The van der Waals surface area contributed by atoms with E-state index in [0.29, 0.717) is 12.8 Å². The highest BCUT2D eigenvalue weighted by Crippen LogP contribution is 2.20. The molecule has 0 radical (unpaired) electrons. The van der Waals surface area contributed by atoms with Crippen LogP contribution >= 0.6 is 0 Å². The lowest BCUT2D eigenvalue weighted by atomic mass is 9.94. The van der Waals surface area contributed by atoms with Crippen LogP contribution in [-0.4, -0.2) is 57.6 Å². The fraction of sp³-hybridized carbons (Fsp3) is 0.742. The van der Waals surface area contributed by atoms with Crippen LogP contribution in [0.1, 0.15) is 113 Å². The van der Waals surface area contributed by atoms with Gasteiger partial charge in [-0.2, -0.15) is 0 Å². The molecule has 37 heavy (non-hydrogen) atoms. The van der Waals surface area contributed by atoms with E-state index < -0.39 is 23.4 Å². The van der Waals surface area contributed by atoms with Crippen molar-refractivity contribution < 1.29 is 30.2 Å². The van der Waals surface area contributed by atoms with Gasteiger partial charge in [0.2, 0.25) is 0 Å². The standard InChI is InChI=1S/C31H56O6/c1-24(15-11-17-26(3)19-21-28(32)30(5,6)34)13-9-10-14-25(2)16-12-18-27(4)20-22-29(33)31(7,35)23-37-36-8/h13-14,17-18,28-29,32-35H,9-12,15-16,19-23H2,1-8H3. The topological polar surface area (TPSA) is 99.4 Å². The molecule has 0 spiro atoms. The Labute approximate surface area is 226 Å². The normalized spacial score (nSPS) is 17.6. The SMILES string of the molecule is COOCC(C)(O)C(O)CCC(C)=CCCC(C)=CCCC=C(C)CCC=C(C)CCC(O)C(C)(C)O. The van der Waals surface area contributed by atoms with Crippen molar-refractivity contribution in [3.63, 3.8) is 0 Å². The molecule has 6 heteroatoms. The number of allylic oxidation sites excluding steroid dienone is 8. The third-order valence-corrected chi connectivity index (χ3v) is 6.84. The first kappa shape index (κ1) is 35.7. The number of hydrogen-bond donors (Lipinski definition) is 4. The summed E-state index contributed by atoms with van der Waals surface area (Å²) in [6, 6.07) is 0. The van der Waals surface area contributed by atoms with Gasteiger partial charge in [0.1, 0.15) is 12.2 Å². The zero-order chi connectivity index (χ0) is 28.5. The minimum absolute atomic E-state index is 0.0700. The number of aliphatic hydroxyl groups excluding tert-OH is 2. The Bertz CT molecular complexity index is 739. The van der Waals surface area contributed by atoms with E-state index >= 15 is 0 Å². The molecule has 0 amide bonds. The van der Waals surface area contributed by atoms with Crippen molar-refractivity contribution in [1.82, 2.24) is 0 Å². The number of unbranched alkanes of at least 4 members (excludes halogenated alkanes) is 1. The van der Waals surface area contributed by atoms with Gasteiger partial charge in [-0.1, -0.05) is 46.6 Å². The Morgan fingerprint density at radius 2 is 1.03 bits per heavy atom. The lowest BCUT2D eigenvalue weighted by Gasteiger charge is -2.28. The summed E-state index contributed by atoms with van der Waals surface area (Å²) in [5, 5.41) is 40.2. The second-order valence-electron chi connectivity index (χ2n) is 11.4. The van der Waals surface area contributed by atoms with Gasteiger partial charge in [0.05, 0.1) is 24.9 Å². The van der Waals surface area contributed by atoms with Crippen molar-refractivity contribution in [1.29, 1.82) is 0 Å². The molecule has 3 atom stereocenters. The fourth-order valence-electron chi connectivity index (χ4n) is 3.83. The maximum atomic E-state index is 10.2. The Balaban J connectivity index is 4.22. The van der Waals surface area contributed by atoms with Gasteiger partial charge in [0.25, 0.3) is 0 Å². The summed E-state index contributed by atoms with van der Waals surface area (Å²) in [5.74, 6) is 0. The van der Waals surface area contributed by atoms with E-state index in [4.69, 9.17) is 4.89 Å². The Kier molecular flexibility index (Phi) is 18.2. The molecule has 0 aliphatic carbocycles. The number of rotatable bonds is 20. The minimum Gasteiger partial charge on any atom is -0.390 e. The molecule has 6 nitrogen and oxygen atoms in total. The van der Waals surface area contributed by atoms with Crippen molar-refractivity contribution in [2.75, 3.05) is 13.7 Å². The van der Waals surface area contributed by atoms with Gasteiger partial charge >= 0.3 is 0 Å². The van der Waals surface area contributed by atoms with Gasteiger partial charge < -0.3 is 20.4 Å². The average molecular weight is 525 g/mol. The quantitative estimate of drug-likeness (QED) is 0.0628. The van der Waals surface area contributed by atoms with Crippen molar-refractivity contribution >= 4 is 0 Å². The maximum absolute atomic E-state index is 10.2. The zero-order valence-corrected chi connectivity index (χ0v) is 24.8. The molecule has 4 N–H and O–H groups in total. The maximum Gasteiger partial charge on any atom is 0.114 e. The molecule has 0 rings (SSSR count). The zero-order valence-electron chi connectivity index (χ0n) is 24.8. The summed E-state index contributed by atoms with van der Waals surface area (Å²) >= 11 is 0. The van der Waals surface area contributed by atoms with Crippen LogP contribution in [-0.2, 0) is 9.78 Å². The molecule has 0 aromatic heterocycles. The fourth-order valence-corrected chi connectivity index (χ4v) is 3.83. The van der Waals surface area contributed by atoms with Crippen LogP contribution in [0.5, 0.6) is 0 Å². The van der Waals surface area contributed by atoms with Crippen molar-refractivity contribution in [3.05, 3.63) is 46.6 Å². The minimum atomic E-state index is -1.33. The first-order chi connectivity index (χ1) is 17.2. The van der Waals surface area contributed by atoms with Crippen LogP contribution < -0.4 is 0 Å². The third kappa shape index (κ3) is 18.6. The van der Waals surface area contributed by atoms with Crippen LogP contribution in [0.4, 0.5) is 0 Å². The summed E-state index contributed by atoms with van der Waals surface area (Å²) in [6.45, 7) is 13.3. The molecule has 0 aromatic carbocycles. The smallest absolute Gasteiger partial charge is 0.114 e. The van der Waals surface area contributed by atoms with Gasteiger partial charge in [0.15, 0.2) is 0 Å². The van der Waals surface area contributed by atoms with Gasteiger partial charge in [-0.05, 0) is 113 Å². The molecule has 0 aromatic rings. The van der Waals surface area contributed by atoms with Crippen LogP contribution in [0.3, 0.4) is 0 Å². The van der Waals surface area contributed by atoms with E-state index in [9.17, 15) is 20.4 Å². The summed E-state index contributed by atoms with van der Waals surface area (Å²) < 4.78 is 0. The van der Waals surface area contributed by atoms with Crippen LogP contribution in [0.15, 0.2) is 46.6 Å². The van der Waals surface area contributed by atoms with Gasteiger partial charge in [-0.25, -0.2) is 9.78 Å². The summed E-state index contributed by atoms with van der Waals surface area (Å²) in [4.78, 5) is 9.28. The van der Waals surface area contributed by atoms with Gasteiger partial charge in [-0.3, -0.25) is 0 Å². The molecule has 0 aliphatic rings. The molecule has 0 saturated carbocycles. The molecule has 0 fully saturated rings. The summed E-state index contributed by atoms with van der Waals surface area (Å²) in [5.41, 5.74) is 2.89. The largest absolute Gasteiger partial charge is 0.390 e. The van der Waals surface area contributed by atoms with Gasteiger partial charge in [-0.15, -0.1) is 0 Å². The highest BCUT2D eigenvalue weighted by atomic mass is 17.2. The van der Waals surface area contributed by atoms with Crippen LogP contribution in [0.25, 0.3) is 0 Å². The number of aliphatic hydroxyl groups is 4. The lowest BCUT2D eigenvalue weighted by molar-refractivity contribution is -0.303. The highest BCUT2D eigenvalue weighted by molar-refractivity contribution is 5.07. The molecular weight excluding hydrogens is 468 g/mol. The Morgan fingerprint density at radius 3 is 1.43 bits per heavy atom. The monoisotopic (exact) mass is 524 g/mol. The number of hydrogen-bond acceptors (Lipinski definition) is 6. The van der Waals surface area contributed by atoms with E-state index in [-0.39, 0.29) is 6.61 Å². The summed E-state index contributed by atoms with van der Waals surface area (Å²) in [6.07, 6.45) is 16.3. The van der Waals surface area contributed by atoms with Gasteiger partial charge in [0, 0.05) is 0 Å². The van der Waals surface area contributed by atoms with Crippen LogP contribution in [0, 0.1) is 0 Å². The Hall–Kier alpha value is -1.28. The van der Waals surface area contributed by atoms with E-state index in [1.165, 1.54) is 29.4 Å². The second kappa shape index (κ2) is 18.9.